The lowest BCUT2D eigenvalue weighted by Crippen LogP contribution is -2.17. The molecular weight excluding hydrogens is 380 g/mol. The lowest BCUT2D eigenvalue weighted by atomic mass is 10.0. The number of thiophene rings is 1. The second-order valence-electron chi connectivity index (χ2n) is 6.53. The predicted octanol–water partition coefficient (Wildman–Crippen LogP) is 3.36. The highest BCUT2D eigenvalue weighted by Gasteiger charge is 2.29. The number of pyridine rings is 1. The molecule has 1 aliphatic rings. The third kappa shape index (κ3) is 3.09. The van der Waals surface area contributed by atoms with Gasteiger partial charge >= 0.3 is 0 Å². The number of aromatic nitrogens is 2. The minimum Gasteiger partial charge on any atom is -0.340 e. The quantitative estimate of drug-likeness (QED) is 0.404. The molecule has 0 radical (unpaired) electrons. The molecule has 4 rings (SSSR count). The van der Waals surface area contributed by atoms with Crippen LogP contribution >= 0.6 is 11.3 Å². The summed E-state index contributed by atoms with van der Waals surface area (Å²) in [6.45, 7) is 0. The van der Waals surface area contributed by atoms with Gasteiger partial charge in [0.05, 0.1) is 16.7 Å². The van der Waals surface area contributed by atoms with E-state index in [-0.39, 0.29) is 17.2 Å². The molecule has 0 saturated heterocycles. The maximum Gasteiger partial charge on any atom is 0.287 e. The van der Waals surface area contributed by atoms with Crippen LogP contribution in [0, 0.1) is 10.1 Å². The van der Waals surface area contributed by atoms with Crippen LogP contribution < -0.4 is 5.32 Å². The fourth-order valence-corrected chi connectivity index (χ4v) is 4.70. The zero-order chi connectivity index (χ0) is 19.8. The second-order valence-corrected chi connectivity index (χ2v) is 7.64. The van der Waals surface area contributed by atoms with Crippen LogP contribution in [0.5, 0.6) is 0 Å². The highest BCUT2D eigenvalue weighted by molar-refractivity contribution is 7.17. The molecule has 0 unspecified atom stereocenters. The van der Waals surface area contributed by atoms with E-state index >= 15 is 0 Å². The maximum atomic E-state index is 13.1. The number of amides is 1. The SMILES string of the molecule is Cn1cc([N+](=O)[O-])cc1C(=O)Nc1sc2c(c1C(=O)c1ccncc1)CCC2. The standard InChI is InChI=1S/C19H16N4O4S/c1-22-10-12(23(26)27)9-14(22)18(25)21-19-16(13-3-2-4-15(13)28-19)17(24)11-5-7-20-8-6-11/h5-10H,2-4H2,1H3,(H,21,25). The molecule has 0 aromatic carbocycles. The summed E-state index contributed by atoms with van der Waals surface area (Å²) in [7, 11) is 1.57. The molecular formula is C19H16N4O4S. The summed E-state index contributed by atoms with van der Waals surface area (Å²) in [5.74, 6) is -0.644. The van der Waals surface area contributed by atoms with Gasteiger partial charge in [-0.25, -0.2) is 0 Å². The fraction of sp³-hybridized carbons (Fsp3) is 0.211. The van der Waals surface area contributed by atoms with Crippen molar-refractivity contribution in [2.75, 3.05) is 5.32 Å². The van der Waals surface area contributed by atoms with Gasteiger partial charge in [0.1, 0.15) is 10.7 Å². The van der Waals surface area contributed by atoms with Crippen LogP contribution in [0.25, 0.3) is 0 Å². The molecule has 8 nitrogen and oxygen atoms in total. The molecule has 9 heteroatoms. The molecule has 0 saturated carbocycles. The van der Waals surface area contributed by atoms with E-state index in [4.69, 9.17) is 0 Å². The molecule has 0 spiro atoms. The molecule has 28 heavy (non-hydrogen) atoms. The smallest absolute Gasteiger partial charge is 0.287 e. The molecule has 0 aliphatic heterocycles. The van der Waals surface area contributed by atoms with Crippen molar-refractivity contribution in [1.82, 2.24) is 9.55 Å². The van der Waals surface area contributed by atoms with Crippen molar-refractivity contribution in [3.05, 3.63) is 74.2 Å². The number of ketones is 1. The Kier molecular flexibility index (Phi) is 4.52. The first-order valence-electron chi connectivity index (χ1n) is 8.67. The van der Waals surface area contributed by atoms with E-state index in [2.05, 4.69) is 10.3 Å². The molecule has 1 amide bonds. The Balaban J connectivity index is 1.70. The number of fused-ring (bicyclic) bond motifs is 1. The zero-order valence-electron chi connectivity index (χ0n) is 15.0. The molecule has 1 aliphatic carbocycles. The summed E-state index contributed by atoms with van der Waals surface area (Å²) >= 11 is 1.40. The number of rotatable bonds is 5. The third-order valence-corrected chi connectivity index (χ3v) is 5.96. The van der Waals surface area contributed by atoms with Crippen LogP contribution in [0.2, 0.25) is 0 Å². The Morgan fingerprint density at radius 3 is 2.71 bits per heavy atom. The summed E-state index contributed by atoms with van der Waals surface area (Å²) < 4.78 is 1.40. The zero-order valence-corrected chi connectivity index (χ0v) is 15.8. The van der Waals surface area contributed by atoms with E-state index in [9.17, 15) is 19.7 Å². The Bertz CT molecular complexity index is 1100. The highest BCUT2D eigenvalue weighted by atomic mass is 32.1. The van der Waals surface area contributed by atoms with Gasteiger partial charge in [0.15, 0.2) is 5.78 Å². The number of aryl methyl sites for hydroxylation is 2. The summed E-state index contributed by atoms with van der Waals surface area (Å²) in [4.78, 5) is 41.3. The first-order chi connectivity index (χ1) is 13.5. The monoisotopic (exact) mass is 396 g/mol. The van der Waals surface area contributed by atoms with Crippen molar-refractivity contribution in [2.24, 2.45) is 7.05 Å². The van der Waals surface area contributed by atoms with E-state index in [0.717, 1.165) is 29.7 Å². The number of anilines is 1. The summed E-state index contributed by atoms with van der Waals surface area (Å²) in [5, 5.41) is 14.2. The van der Waals surface area contributed by atoms with Crippen molar-refractivity contribution in [3.63, 3.8) is 0 Å². The highest BCUT2D eigenvalue weighted by Crippen LogP contribution is 2.40. The van der Waals surface area contributed by atoms with E-state index in [1.54, 1.807) is 31.6 Å². The Hall–Kier alpha value is -3.33. The van der Waals surface area contributed by atoms with Gasteiger partial charge in [0.2, 0.25) is 0 Å². The molecule has 1 N–H and O–H groups in total. The van der Waals surface area contributed by atoms with E-state index in [0.29, 0.717) is 16.1 Å². The molecule has 0 bridgehead atoms. The Morgan fingerprint density at radius 1 is 1.29 bits per heavy atom. The number of carbonyl (C=O) groups is 2. The summed E-state index contributed by atoms with van der Waals surface area (Å²) in [6, 6.07) is 4.52. The number of carbonyl (C=O) groups excluding carboxylic acids is 2. The number of nitro groups is 1. The van der Waals surface area contributed by atoms with E-state index in [1.807, 2.05) is 0 Å². The molecule has 3 aromatic rings. The van der Waals surface area contributed by atoms with Gasteiger partial charge in [-0.15, -0.1) is 11.3 Å². The fourth-order valence-electron chi connectivity index (χ4n) is 3.42. The molecule has 3 heterocycles. The number of nitrogens with one attached hydrogen (secondary N) is 1. The van der Waals surface area contributed by atoms with Gasteiger partial charge in [0, 0.05) is 35.9 Å². The molecule has 142 valence electrons. The van der Waals surface area contributed by atoms with Crippen molar-refractivity contribution >= 4 is 33.7 Å². The van der Waals surface area contributed by atoms with Crippen LogP contribution in [0.4, 0.5) is 10.7 Å². The number of hydrogen-bond donors (Lipinski definition) is 1. The van der Waals surface area contributed by atoms with Crippen molar-refractivity contribution in [1.29, 1.82) is 0 Å². The lowest BCUT2D eigenvalue weighted by Gasteiger charge is -2.08. The third-order valence-electron chi connectivity index (χ3n) is 4.75. The van der Waals surface area contributed by atoms with Crippen molar-refractivity contribution < 1.29 is 14.5 Å². The van der Waals surface area contributed by atoms with Crippen molar-refractivity contribution in [3.8, 4) is 0 Å². The van der Waals surface area contributed by atoms with Crippen LogP contribution in [-0.2, 0) is 19.9 Å². The summed E-state index contributed by atoms with van der Waals surface area (Å²) in [6.07, 6.45) is 7.05. The van der Waals surface area contributed by atoms with Crippen LogP contribution in [0.3, 0.4) is 0 Å². The molecule has 3 aromatic heterocycles. The van der Waals surface area contributed by atoms with Gasteiger partial charge < -0.3 is 9.88 Å². The van der Waals surface area contributed by atoms with Gasteiger partial charge in [0.25, 0.3) is 11.6 Å². The van der Waals surface area contributed by atoms with Gasteiger partial charge in [-0.2, -0.15) is 0 Å². The van der Waals surface area contributed by atoms with Crippen LogP contribution in [-0.4, -0.2) is 26.2 Å². The van der Waals surface area contributed by atoms with Gasteiger partial charge in [-0.1, -0.05) is 0 Å². The lowest BCUT2D eigenvalue weighted by molar-refractivity contribution is -0.384. The number of nitrogens with zero attached hydrogens (tertiary/aromatic N) is 3. The van der Waals surface area contributed by atoms with Crippen LogP contribution in [0.15, 0.2) is 36.8 Å². The first-order valence-corrected chi connectivity index (χ1v) is 9.48. The average molecular weight is 396 g/mol. The first kappa shape index (κ1) is 18.1. The van der Waals surface area contributed by atoms with Gasteiger partial charge in [-0.05, 0) is 37.0 Å². The average Bonchev–Trinajstić information content (AvgIpc) is 3.36. The Morgan fingerprint density at radius 2 is 2.04 bits per heavy atom. The topological polar surface area (TPSA) is 107 Å². The summed E-state index contributed by atoms with van der Waals surface area (Å²) in [5.41, 5.74) is 2.00. The van der Waals surface area contributed by atoms with Crippen molar-refractivity contribution in [2.45, 2.75) is 19.3 Å². The minimum absolute atomic E-state index is 0.155. The van der Waals surface area contributed by atoms with Gasteiger partial charge in [-0.3, -0.25) is 24.7 Å². The number of hydrogen-bond acceptors (Lipinski definition) is 6. The van der Waals surface area contributed by atoms with E-state index < -0.39 is 10.8 Å². The largest absolute Gasteiger partial charge is 0.340 e. The molecule has 0 atom stereocenters. The second kappa shape index (κ2) is 7.01. The molecule has 0 fully saturated rings. The van der Waals surface area contributed by atoms with Crippen LogP contribution in [0.1, 0.15) is 43.3 Å². The minimum atomic E-state index is -0.547. The van der Waals surface area contributed by atoms with E-state index in [1.165, 1.54) is 28.2 Å². The Labute approximate surface area is 164 Å². The maximum absolute atomic E-state index is 13.1. The predicted molar refractivity (Wildman–Crippen MR) is 104 cm³/mol. The normalized spacial score (nSPS) is 12.6.